The van der Waals surface area contributed by atoms with Gasteiger partial charge in [-0.1, -0.05) is 0 Å². The van der Waals surface area contributed by atoms with Gasteiger partial charge in [0.15, 0.2) is 0 Å². The summed E-state index contributed by atoms with van der Waals surface area (Å²) >= 11 is 1.54. The summed E-state index contributed by atoms with van der Waals surface area (Å²) in [5.74, 6) is 0.362. The number of aliphatic hydroxyl groups is 1. The summed E-state index contributed by atoms with van der Waals surface area (Å²) in [6, 6.07) is 3.85. The molecular formula is C11H12N2O2S. The molecule has 0 aliphatic carbocycles. The lowest BCUT2D eigenvalue weighted by atomic mass is 10.2. The van der Waals surface area contributed by atoms with E-state index in [9.17, 15) is 5.11 Å². The van der Waals surface area contributed by atoms with Crippen molar-refractivity contribution in [3.8, 4) is 5.88 Å². The third-order valence-electron chi connectivity index (χ3n) is 2.17. The zero-order chi connectivity index (χ0) is 11.5. The smallest absolute Gasteiger partial charge is 0.238 e. The van der Waals surface area contributed by atoms with Crippen molar-refractivity contribution < 1.29 is 9.84 Å². The molecule has 0 aliphatic heterocycles. The van der Waals surface area contributed by atoms with Crippen LogP contribution in [0.4, 0.5) is 0 Å². The van der Waals surface area contributed by atoms with Crippen LogP contribution in [0.15, 0.2) is 24.5 Å². The lowest BCUT2D eigenvalue weighted by Gasteiger charge is -2.10. The summed E-state index contributed by atoms with van der Waals surface area (Å²) in [4.78, 5) is 10.1. The summed E-state index contributed by atoms with van der Waals surface area (Å²) in [7, 11) is 1.51. The summed E-state index contributed by atoms with van der Waals surface area (Å²) in [6.07, 6.45) is 2.30. The quantitative estimate of drug-likeness (QED) is 0.884. The molecule has 2 rings (SSSR count). The van der Waals surface area contributed by atoms with E-state index >= 15 is 0 Å². The van der Waals surface area contributed by atoms with E-state index in [0.29, 0.717) is 11.6 Å². The first-order chi connectivity index (χ1) is 7.72. The Morgan fingerprint density at radius 3 is 2.69 bits per heavy atom. The fraction of sp³-hybridized carbons (Fsp3) is 0.273. The number of rotatable bonds is 3. The van der Waals surface area contributed by atoms with Crippen LogP contribution in [-0.4, -0.2) is 22.2 Å². The molecule has 0 aliphatic rings. The third-order valence-corrected chi connectivity index (χ3v) is 3.23. The summed E-state index contributed by atoms with van der Waals surface area (Å²) in [5, 5.41) is 10.1. The molecule has 2 aromatic rings. The molecule has 2 heterocycles. The molecule has 0 saturated carbocycles. The molecule has 1 unspecified atom stereocenters. The van der Waals surface area contributed by atoms with Crippen molar-refractivity contribution in [3.05, 3.63) is 40.0 Å². The van der Waals surface area contributed by atoms with Crippen LogP contribution in [0.5, 0.6) is 5.88 Å². The van der Waals surface area contributed by atoms with Crippen molar-refractivity contribution in [1.82, 2.24) is 9.97 Å². The Bertz CT molecular complexity index is 484. The number of hydrogen-bond acceptors (Lipinski definition) is 5. The lowest BCUT2D eigenvalue weighted by molar-refractivity contribution is 0.211. The van der Waals surface area contributed by atoms with E-state index in [2.05, 4.69) is 9.97 Å². The van der Waals surface area contributed by atoms with E-state index < -0.39 is 6.10 Å². The normalized spacial score (nSPS) is 12.4. The van der Waals surface area contributed by atoms with Gasteiger partial charge in [0.1, 0.15) is 11.8 Å². The summed E-state index contributed by atoms with van der Waals surface area (Å²) < 4.78 is 5.07. The minimum absolute atomic E-state index is 0.362. The first-order valence-corrected chi connectivity index (χ1v) is 5.63. The number of hydrogen-bond donors (Lipinski definition) is 1. The highest BCUT2D eigenvalue weighted by molar-refractivity contribution is 7.12. The zero-order valence-corrected chi connectivity index (χ0v) is 9.86. The van der Waals surface area contributed by atoms with E-state index in [4.69, 9.17) is 4.74 Å². The average molecular weight is 236 g/mol. The van der Waals surface area contributed by atoms with Crippen LogP contribution in [0.2, 0.25) is 0 Å². The summed E-state index contributed by atoms with van der Waals surface area (Å²) in [5.41, 5.74) is 0.451. The van der Waals surface area contributed by atoms with Crippen molar-refractivity contribution in [3.63, 3.8) is 0 Å². The average Bonchev–Trinajstić information content (AvgIpc) is 2.75. The standard InChI is InChI=1S/C11H12N2O2S/c1-7-3-4-8(16-7)10(14)9-11(15-2)13-6-5-12-9/h3-6,10,14H,1-2H3. The predicted octanol–water partition coefficient (Wildman–Crippen LogP) is 1.94. The van der Waals surface area contributed by atoms with Crippen molar-refractivity contribution in [2.45, 2.75) is 13.0 Å². The van der Waals surface area contributed by atoms with Crippen LogP contribution in [0.3, 0.4) is 0 Å². The van der Waals surface area contributed by atoms with Crippen LogP contribution in [0.1, 0.15) is 21.6 Å². The molecule has 1 N–H and O–H groups in total. The van der Waals surface area contributed by atoms with E-state index in [1.54, 1.807) is 6.20 Å². The predicted molar refractivity (Wildman–Crippen MR) is 61.7 cm³/mol. The van der Waals surface area contributed by atoms with Crippen LogP contribution in [-0.2, 0) is 0 Å². The largest absolute Gasteiger partial charge is 0.480 e. The monoisotopic (exact) mass is 236 g/mol. The lowest BCUT2D eigenvalue weighted by Crippen LogP contribution is -2.04. The molecule has 0 amide bonds. The van der Waals surface area contributed by atoms with Crippen LogP contribution >= 0.6 is 11.3 Å². The van der Waals surface area contributed by atoms with Gasteiger partial charge in [-0.25, -0.2) is 4.98 Å². The SMILES string of the molecule is COc1nccnc1C(O)c1ccc(C)s1. The van der Waals surface area contributed by atoms with Crippen molar-refractivity contribution in [1.29, 1.82) is 0 Å². The van der Waals surface area contributed by atoms with Crippen LogP contribution in [0, 0.1) is 6.92 Å². The Labute approximate surface area is 97.6 Å². The van der Waals surface area contributed by atoms with Crippen LogP contribution < -0.4 is 4.74 Å². The second-order valence-corrected chi connectivity index (χ2v) is 4.62. The van der Waals surface area contributed by atoms with Crippen molar-refractivity contribution in [2.75, 3.05) is 7.11 Å². The van der Waals surface area contributed by atoms with Gasteiger partial charge in [-0.2, -0.15) is 0 Å². The fourth-order valence-corrected chi connectivity index (χ4v) is 2.28. The Balaban J connectivity index is 2.36. The van der Waals surface area contributed by atoms with Gasteiger partial charge in [-0.15, -0.1) is 11.3 Å². The summed E-state index contributed by atoms with van der Waals surface area (Å²) in [6.45, 7) is 1.99. The molecule has 0 aromatic carbocycles. The number of ether oxygens (including phenoxy) is 1. The number of aromatic nitrogens is 2. The highest BCUT2D eigenvalue weighted by Gasteiger charge is 2.18. The van der Waals surface area contributed by atoms with E-state index in [-0.39, 0.29) is 0 Å². The number of thiophene rings is 1. The molecule has 0 radical (unpaired) electrons. The van der Waals surface area contributed by atoms with Gasteiger partial charge in [0, 0.05) is 22.1 Å². The van der Waals surface area contributed by atoms with E-state index in [0.717, 1.165) is 9.75 Å². The second-order valence-electron chi connectivity index (χ2n) is 3.30. The van der Waals surface area contributed by atoms with E-state index in [1.165, 1.54) is 24.6 Å². The molecule has 16 heavy (non-hydrogen) atoms. The van der Waals surface area contributed by atoms with Gasteiger partial charge in [-0.05, 0) is 19.1 Å². The minimum Gasteiger partial charge on any atom is -0.480 e. The molecular weight excluding hydrogens is 224 g/mol. The minimum atomic E-state index is -0.776. The molecule has 0 fully saturated rings. The maximum absolute atomic E-state index is 10.1. The highest BCUT2D eigenvalue weighted by Crippen LogP contribution is 2.30. The maximum atomic E-state index is 10.1. The second kappa shape index (κ2) is 4.59. The van der Waals surface area contributed by atoms with Gasteiger partial charge in [-0.3, -0.25) is 4.98 Å². The number of nitrogens with zero attached hydrogens (tertiary/aromatic N) is 2. The van der Waals surface area contributed by atoms with Crippen molar-refractivity contribution >= 4 is 11.3 Å². The maximum Gasteiger partial charge on any atom is 0.238 e. The molecule has 2 aromatic heterocycles. The molecule has 4 nitrogen and oxygen atoms in total. The molecule has 0 saturated heterocycles. The highest BCUT2D eigenvalue weighted by atomic mass is 32.1. The van der Waals surface area contributed by atoms with Gasteiger partial charge >= 0.3 is 0 Å². The fourth-order valence-electron chi connectivity index (χ4n) is 1.42. The third kappa shape index (κ3) is 2.05. The Hall–Kier alpha value is -1.46. The van der Waals surface area contributed by atoms with Crippen molar-refractivity contribution in [2.24, 2.45) is 0 Å². The van der Waals surface area contributed by atoms with Gasteiger partial charge < -0.3 is 9.84 Å². The number of aliphatic hydroxyl groups excluding tert-OH is 1. The topological polar surface area (TPSA) is 55.2 Å². The Morgan fingerprint density at radius 2 is 2.06 bits per heavy atom. The molecule has 0 bridgehead atoms. The van der Waals surface area contributed by atoms with Gasteiger partial charge in [0.25, 0.3) is 0 Å². The van der Waals surface area contributed by atoms with Gasteiger partial charge in [0.2, 0.25) is 5.88 Å². The Morgan fingerprint density at radius 1 is 1.31 bits per heavy atom. The van der Waals surface area contributed by atoms with Gasteiger partial charge in [0.05, 0.1) is 7.11 Å². The molecule has 84 valence electrons. The molecule has 5 heteroatoms. The van der Waals surface area contributed by atoms with E-state index in [1.807, 2.05) is 19.1 Å². The molecule has 0 spiro atoms. The van der Waals surface area contributed by atoms with Crippen LogP contribution in [0.25, 0.3) is 0 Å². The first kappa shape index (κ1) is 11.0. The number of methoxy groups -OCH3 is 1. The Kier molecular flexibility index (Phi) is 3.17. The zero-order valence-electron chi connectivity index (χ0n) is 9.04. The number of aryl methyl sites for hydroxylation is 1. The molecule has 1 atom stereocenters. The first-order valence-electron chi connectivity index (χ1n) is 4.81.